The molecule has 0 aliphatic rings. The number of nitrogens with one attached hydrogen (secondary N) is 1. The highest BCUT2D eigenvalue weighted by atomic mass is 16.5. The second kappa shape index (κ2) is 7.74. The summed E-state index contributed by atoms with van der Waals surface area (Å²) in [5.74, 6) is 1.72. The molecule has 1 heterocycles. The van der Waals surface area contributed by atoms with Crippen LogP contribution in [0.3, 0.4) is 0 Å². The monoisotopic (exact) mass is 351 g/mol. The molecule has 0 fully saturated rings. The predicted octanol–water partition coefficient (Wildman–Crippen LogP) is 4.02. The molecule has 0 atom stereocenters. The van der Waals surface area contributed by atoms with E-state index in [0.717, 1.165) is 27.8 Å². The van der Waals surface area contributed by atoms with Crippen LogP contribution in [0.25, 0.3) is 10.9 Å². The SMILES string of the molecule is COc1cc(/C=N\Nc2cc(C)nc3ccccc23)cc(OC)c1OC. The minimum absolute atomic E-state index is 0.552. The number of hydrazone groups is 1. The van der Waals surface area contributed by atoms with Crippen LogP contribution in [-0.2, 0) is 0 Å². The average Bonchev–Trinajstić information content (AvgIpc) is 2.66. The summed E-state index contributed by atoms with van der Waals surface area (Å²) < 4.78 is 16.1. The van der Waals surface area contributed by atoms with E-state index >= 15 is 0 Å². The second-order valence-corrected chi connectivity index (χ2v) is 5.66. The summed E-state index contributed by atoms with van der Waals surface area (Å²) in [6.45, 7) is 1.96. The molecule has 0 saturated heterocycles. The Bertz CT molecular complexity index is 929. The first-order valence-corrected chi connectivity index (χ1v) is 8.11. The molecule has 0 unspecified atom stereocenters. The van der Waals surface area contributed by atoms with E-state index < -0.39 is 0 Å². The molecule has 3 rings (SSSR count). The zero-order chi connectivity index (χ0) is 18.5. The van der Waals surface area contributed by atoms with E-state index in [9.17, 15) is 0 Å². The molecule has 6 heteroatoms. The number of benzene rings is 2. The van der Waals surface area contributed by atoms with Crippen LogP contribution in [0.1, 0.15) is 11.3 Å². The molecule has 1 N–H and O–H groups in total. The number of methoxy groups -OCH3 is 3. The predicted molar refractivity (Wildman–Crippen MR) is 104 cm³/mol. The Labute approximate surface area is 152 Å². The molecule has 0 bridgehead atoms. The first-order valence-electron chi connectivity index (χ1n) is 8.11. The number of hydrogen-bond acceptors (Lipinski definition) is 6. The first-order chi connectivity index (χ1) is 12.7. The molecule has 0 aliphatic carbocycles. The lowest BCUT2D eigenvalue weighted by Crippen LogP contribution is -1.98. The van der Waals surface area contributed by atoms with E-state index in [1.807, 2.05) is 49.4 Å². The van der Waals surface area contributed by atoms with Gasteiger partial charge in [0, 0.05) is 16.6 Å². The van der Waals surface area contributed by atoms with Gasteiger partial charge in [-0.05, 0) is 31.2 Å². The van der Waals surface area contributed by atoms with Crippen molar-refractivity contribution in [1.29, 1.82) is 0 Å². The summed E-state index contributed by atoms with van der Waals surface area (Å²) in [5.41, 5.74) is 6.67. The Morgan fingerprint density at radius 2 is 1.65 bits per heavy atom. The Morgan fingerprint density at radius 1 is 0.962 bits per heavy atom. The lowest BCUT2D eigenvalue weighted by molar-refractivity contribution is 0.324. The van der Waals surface area contributed by atoms with Crippen molar-refractivity contribution in [3.05, 3.63) is 53.7 Å². The van der Waals surface area contributed by atoms with Crippen molar-refractivity contribution in [2.45, 2.75) is 6.92 Å². The normalized spacial score (nSPS) is 10.9. The van der Waals surface area contributed by atoms with Gasteiger partial charge in [0.2, 0.25) is 5.75 Å². The van der Waals surface area contributed by atoms with Gasteiger partial charge in [-0.3, -0.25) is 10.4 Å². The molecule has 2 aromatic carbocycles. The number of anilines is 1. The van der Waals surface area contributed by atoms with Crippen LogP contribution in [0.4, 0.5) is 5.69 Å². The lowest BCUT2D eigenvalue weighted by atomic mass is 10.1. The molecule has 0 amide bonds. The van der Waals surface area contributed by atoms with Crippen LogP contribution in [0.2, 0.25) is 0 Å². The smallest absolute Gasteiger partial charge is 0.203 e. The molecule has 0 aliphatic heterocycles. The molecule has 134 valence electrons. The number of aryl methyl sites for hydroxylation is 1. The van der Waals surface area contributed by atoms with Crippen LogP contribution < -0.4 is 19.6 Å². The minimum atomic E-state index is 0.552. The van der Waals surface area contributed by atoms with Gasteiger partial charge in [-0.25, -0.2) is 0 Å². The van der Waals surface area contributed by atoms with Crippen LogP contribution in [0.5, 0.6) is 17.2 Å². The van der Waals surface area contributed by atoms with Crippen molar-refractivity contribution in [3.8, 4) is 17.2 Å². The van der Waals surface area contributed by atoms with E-state index in [1.54, 1.807) is 27.5 Å². The average molecular weight is 351 g/mol. The van der Waals surface area contributed by atoms with Crippen molar-refractivity contribution in [2.75, 3.05) is 26.8 Å². The van der Waals surface area contributed by atoms with Gasteiger partial charge >= 0.3 is 0 Å². The van der Waals surface area contributed by atoms with Gasteiger partial charge in [0.25, 0.3) is 0 Å². The van der Waals surface area contributed by atoms with Crippen molar-refractivity contribution in [2.24, 2.45) is 5.10 Å². The quantitative estimate of drug-likeness (QED) is 0.537. The zero-order valence-electron chi connectivity index (χ0n) is 15.2. The van der Waals surface area contributed by atoms with E-state index in [2.05, 4.69) is 15.5 Å². The third-order valence-electron chi connectivity index (χ3n) is 3.93. The highest BCUT2D eigenvalue weighted by Gasteiger charge is 2.12. The second-order valence-electron chi connectivity index (χ2n) is 5.66. The molecular weight excluding hydrogens is 330 g/mol. The van der Waals surface area contributed by atoms with Crippen molar-refractivity contribution < 1.29 is 14.2 Å². The maximum atomic E-state index is 5.36. The summed E-state index contributed by atoms with van der Waals surface area (Å²) >= 11 is 0. The van der Waals surface area contributed by atoms with Gasteiger partial charge in [0.1, 0.15) is 0 Å². The van der Waals surface area contributed by atoms with E-state index in [-0.39, 0.29) is 0 Å². The Kier molecular flexibility index (Phi) is 5.22. The van der Waals surface area contributed by atoms with Crippen LogP contribution in [0, 0.1) is 6.92 Å². The molecule has 0 saturated carbocycles. The molecule has 26 heavy (non-hydrogen) atoms. The lowest BCUT2D eigenvalue weighted by Gasteiger charge is -2.12. The van der Waals surface area contributed by atoms with Crippen LogP contribution >= 0.6 is 0 Å². The van der Waals surface area contributed by atoms with Crippen molar-refractivity contribution in [3.63, 3.8) is 0 Å². The van der Waals surface area contributed by atoms with Crippen molar-refractivity contribution >= 4 is 22.8 Å². The number of para-hydroxylation sites is 1. The molecule has 3 aromatic rings. The van der Waals surface area contributed by atoms with Gasteiger partial charge in [-0.2, -0.15) is 5.10 Å². The standard InChI is InChI=1S/C20H21N3O3/c1-13-9-17(15-7-5-6-8-16(15)22-13)23-21-12-14-10-18(24-2)20(26-4)19(11-14)25-3/h5-12H,1-4H3,(H,22,23)/b21-12-. The number of fused-ring (bicyclic) bond motifs is 1. The van der Waals surface area contributed by atoms with Crippen LogP contribution in [-0.4, -0.2) is 32.5 Å². The number of hydrogen-bond donors (Lipinski definition) is 1. The summed E-state index contributed by atoms with van der Waals surface area (Å²) in [6.07, 6.45) is 1.70. The maximum Gasteiger partial charge on any atom is 0.203 e. The molecule has 0 spiro atoms. The third-order valence-corrected chi connectivity index (χ3v) is 3.93. The zero-order valence-corrected chi connectivity index (χ0v) is 15.2. The highest BCUT2D eigenvalue weighted by Crippen LogP contribution is 2.37. The van der Waals surface area contributed by atoms with Gasteiger partial charge in [0.05, 0.1) is 38.7 Å². The minimum Gasteiger partial charge on any atom is -0.493 e. The summed E-state index contributed by atoms with van der Waals surface area (Å²) in [7, 11) is 4.75. The number of ether oxygens (including phenoxy) is 3. The van der Waals surface area contributed by atoms with E-state index in [1.165, 1.54) is 0 Å². The molecule has 0 radical (unpaired) electrons. The van der Waals surface area contributed by atoms with Gasteiger partial charge in [0.15, 0.2) is 11.5 Å². The summed E-state index contributed by atoms with van der Waals surface area (Å²) in [5, 5.41) is 5.37. The largest absolute Gasteiger partial charge is 0.493 e. The van der Waals surface area contributed by atoms with Crippen molar-refractivity contribution in [1.82, 2.24) is 4.98 Å². The summed E-state index contributed by atoms with van der Waals surface area (Å²) in [6, 6.07) is 13.6. The third kappa shape index (κ3) is 3.54. The topological polar surface area (TPSA) is 65.0 Å². The van der Waals surface area contributed by atoms with Gasteiger partial charge < -0.3 is 14.2 Å². The molecule has 6 nitrogen and oxygen atoms in total. The first kappa shape index (κ1) is 17.5. The Balaban J connectivity index is 1.90. The Hall–Kier alpha value is -3.28. The molecule has 1 aromatic heterocycles. The Morgan fingerprint density at radius 3 is 2.31 bits per heavy atom. The van der Waals surface area contributed by atoms with E-state index in [4.69, 9.17) is 14.2 Å². The van der Waals surface area contributed by atoms with E-state index in [0.29, 0.717) is 17.2 Å². The number of nitrogens with zero attached hydrogens (tertiary/aromatic N) is 2. The summed E-state index contributed by atoms with van der Waals surface area (Å²) in [4.78, 5) is 4.53. The highest BCUT2D eigenvalue weighted by molar-refractivity contribution is 5.92. The fraction of sp³-hybridized carbons (Fsp3) is 0.200. The fourth-order valence-electron chi connectivity index (χ4n) is 2.75. The van der Waals surface area contributed by atoms with Gasteiger partial charge in [-0.15, -0.1) is 0 Å². The maximum absolute atomic E-state index is 5.36. The van der Waals surface area contributed by atoms with Crippen LogP contribution in [0.15, 0.2) is 47.6 Å². The molecular formula is C20H21N3O3. The van der Waals surface area contributed by atoms with Gasteiger partial charge in [-0.1, -0.05) is 18.2 Å². The number of pyridine rings is 1. The number of rotatable bonds is 6. The fourth-order valence-corrected chi connectivity index (χ4v) is 2.75. The number of aromatic nitrogens is 1.